The Morgan fingerprint density at radius 2 is 2.10 bits per heavy atom. The fraction of sp³-hybridized carbons (Fsp3) is 0.571. The first-order valence-electron chi connectivity index (χ1n) is 6.49. The van der Waals surface area contributed by atoms with E-state index >= 15 is 0 Å². The number of anilines is 1. The van der Waals surface area contributed by atoms with E-state index in [1.807, 2.05) is 13.8 Å². The average Bonchev–Trinajstić information content (AvgIpc) is 2.35. The second-order valence-electron chi connectivity index (χ2n) is 5.42. The van der Waals surface area contributed by atoms with Crippen LogP contribution in [0.4, 0.5) is 11.4 Å². The first-order chi connectivity index (χ1) is 9.25. The van der Waals surface area contributed by atoms with Crippen LogP contribution in [-0.2, 0) is 0 Å². The molecular formula is C14H22N2O3S. The number of hydrogen-bond acceptors (Lipinski definition) is 5. The summed E-state index contributed by atoms with van der Waals surface area (Å²) in [6, 6.07) is 4.88. The molecule has 0 aromatic heterocycles. The molecule has 20 heavy (non-hydrogen) atoms. The van der Waals surface area contributed by atoms with Gasteiger partial charge in [-0.2, -0.15) is 11.8 Å². The molecule has 0 aliphatic rings. The first-order valence-corrected chi connectivity index (χ1v) is 7.72. The molecule has 1 rings (SSSR count). The van der Waals surface area contributed by atoms with Crippen molar-refractivity contribution in [1.82, 2.24) is 0 Å². The topological polar surface area (TPSA) is 64.4 Å². The molecule has 0 saturated carbocycles. The minimum atomic E-state index is -0.423. The van der Waals surface area contributed by atoms with E-state index in [0.29, 0.717) is 5.75 Å². The summed E-state index contributed by atoms with van der Waals surface area (Å²) >= 11 is 1.77. The lowest BCUT2D eigenvalue weighted by Crippen LogP contribution is -2.25. The normalized spacial score (nSPS) is 11.5. The third kappa shape index (κ3) is 4.92. The van der Waals surface area contributed by atoms with Gasteiger partial charge in [-0.15, -0.1) is 0 Å². The Hall–Kier alpha value is -1.43. The van der Waals surface area contributed by atoms with E-state index in [1.54, 1.807) is 23.9 Å². The summed E-state index contributed by atoms with van der Waals surface area (Å²) in [6.07, 6.45) is 1.96. The predicted molar refractivity (Wildman–Crippen MR) is 84.9 cm³/mol. The Bertz CT molecular complexity index is 475. The third-order valence-corrected chi connectivity index (χ3v) is 4.04. The van der Waals surface area contributed by atoms with Crippen LogP contribution < -0.4 is 10.1 Å². The molecule has 112 valence electrons. The number of hydrogen-bond donors (Lipinski definition) is 1. The van der Waals surface area contributed by atoms with Crippen LogP contribution in [-0.4, -0.2) is 28.6 Å². The number of rotatable bonds is 7. The van der Waals surface area contributed by atoms with E-state index in [4.69, 9.17) is 4.74 Å². The van der Waals surface area contributed by atoms with Gasteiger partial charge in [0.05, 0.1) is 11.0 Å². The first kappa shape index (κ1) is 16.6. The molecule has 0 atom stereocenters. The lowest BCUT2D eigenvalue weighted by molar-refractivity contribution is -0.386. The molecule has 1 aromatic carbocycles. The summed E-state index contributed by atoms with van der Waals surface area (Å²) in [5.74, 6) is 0.303. The molecule has 1 N–H and O–H groups in total. The van der Waals surface area contributed by atoms with Gasteiger partial charge in [-0.3, -0.25) is 10.1 Å². The van der Waals surface area contributed by atoms with Crippen LogP contribution in [0.2, 0.25) is 0 Å². The quantitative estimate of drug-likeness (QED) is 0.610. The van der Waals surface area contributed by atoms with Gasteiger partial charge < -0.3 is 10.1 Å². The maximum absolute atomic E-state index is 11.0. The molecular weight excluding hydrogens is 276 g/mol. The summed E-state index contributed by atoms with van der Waals surface area (Å²) in [5, 5.41) is 14.3. The van der Waals surface area contributed by atoms with Crippen molar-refractivity contribution in [3.05, 3.63) is 28.3 Å². The van der Waals surface area contributed by atoms with Crippen molar-refractivity contribution in [3.8, 4) is 5.75 Å². The second kappa shape index (κ2) is 6.83. The summed E-state index contributed by atoms with van der Waals surface area (Å²) in [4.78, 5) is 10.6. The molecule has 0 aliphatic heterocycles. The highest BCUT2D eigenvalue weighted by atomic mass is 32.2. The number of nitro groups is 1. The Balaban J connectivity index is 2.92. The number of nitrogens with zero attached hydrogens (tertiary/aromatic N) is 1. The molecule has 0 spiro atoms. The van der Waals surface area contributed by atoms with Crippen LogP contribution in [0.25, 0.3) is 0 Å². The van der Waals surface area contributed by atoms with E-state index < -0.39 is 4.92 Å². The molecule has 0 heterocycles. The molecule has 0 saturated heterocycles. The third-order valence-electron chi connectivity index (χ3n) is 2.79. The van der Waals surface area contributed by atoms with Gasteiger partial charge in [-0.1, -0.05) is 0 Å². The van der Waals surface area contributed by atoms with Crippen molar-refractivity contribution in [1.29, 1.82) is 0 Å². The van der Waals surface area contributed by atoms with Gasteiger partial charge in [0.15, 0.2) is 5.75 Å². The monoisotopic (exact) mass is 298 g/mol. The van der Waals surface area contributed by atoms with Gasteiger partial charge in [0, 0.05) is 29.1 Å². The van der Waals surface area contributed by atoms with Crippen molar-refractivity contribution in [2.45, 2.75) is 38.5 Å². The van der Waals surface area contributed by atoms with Crippen molar-refractivity contribution >= 4 is 23.1 Å². The molecule has 5 nitrogen and oxygen atoms in total. The fourth-order valence-electron chi connectivity index (χ4n) is 1.51. The highest BCUT2D eigenvalue weighted by Gasteiger charge is 2.19. The largest absolute Gasteiger partial charge is 0.484 e. The predicted octanol–water partition coefficient (Wildman–Crippen LogP) is 3.94. The van der Waals surface area contributed by atoms with Crippen molar-refractivity contribution in [3.63, 3.8) is 0 Å². The zero-order valence-electron chi connectivity index (χ0n) is 12.6. The Morgan fingerprint density at radius 3 is 2.60 bits per heavy atom. The number of benzene rings is 1. The highest BCUT2D eigenvalue weighted by molar-refractivity contribution is 7.99. The number of ether oxygens (including phenoxy) is 1. The Morgan fingerprint density at radius 1 is 1.45 bits per heavy atom. The van der Waals surface area contributed by atoms with Gasteiger partial charge in [-0.25, -0.2) is 0 Å². The maximum Gasteiger partial charge on any atom is 0.311 e. The molecule has 0 fully saturated rings. The lowest BCUT2D eigenvalue weighted by atomic mass is 10.2. The highest BCUT2D eigenvalue weighted by Crippen LogP contribution is 2.31. The van der Waals surface area contributed by atoms with Crippen LogP contribution in [0.5, 0.6) is 5.75 Å². The average molecular weight is 298 g/mol. The molecule has 0 radical (unpaired) electrons. The zero-order chi connectivity index (χ0) is 15.3. The maximum atomic E-state index is 11.0. The second-order valence-corrected chi connectivity index (χ2v) is 6.94. The summed E-state index contributed by atoms with van der Waals surface area (Å²) in [6.45, 7) is 8.75. The van der Waals surface area contributed by atoms with Gasteiger partial charge in [-0.05, 0) is 40.0 Å². The van der Waals surface area contributed by atoms with E-state index in [0.717, 1.165) is 12.2 Å². The number of thioether (sulfide) groups is 1. The summed E-state index contributed by atoms with van der Waals surface area (Å²) in [5.41, 5.74) is 0.821. The molecule has 0 amide bonds. The van der Waals surface area contributed by atoms with E-state index in [1.165, 1.54) is 6.07 Å². The molecule has 0 aliphatic carbocycles. The summed E-state index contributed by atoms with van der Waals surface area (Å²) < 4.78 is 5.62. The smallest absolute Gasteiger partial charge is 0.311 e. The van der Waals surface area contributed by atoms with Gasteiger partial charge in [0.1, 0.15) is 0 Å². The van der Waals surface area contributed by atoms with Crippen LogP contribution in [0, 0.1) is 10.1 Å². The van der Waals surface area contributed by atoms with Crippen molar-refractivity contribution in [2.24, 2.45) is 0 Å². The number of nitro benzene ring substituents is 1. The minimum Gasteiger partial charge on any atom is -0.484 e. The lowest BCUT2D eigenvalue weighted by Gasteiger charge is -2.23. The van der Waals surface area contributed by atoms with E-state index in [2.05, 4.69) is 25.4 Å². The molecule has 0 unspecified atom stereocenters. The van der Waals surface area contributed by atoms with E-state index in [-0.39, 0.29) is 16.5 Å². The fourth-order valence-corrected chi connectivity index (χ4v) is 1.73. The van der Waals surface area contributed by atoms with Crippen LogP contribution in [0.15, 0.2) is 18.2 Å². The SMILES string of the molecule is CSC(C)(C)CNc1ccc([N+](=O)[O-])c(OC(C)C)c1. The van der Waals surface area contributed by atoms with Crippen LogP contribution in [0.3, 0.4) is 0 Å². The summed E-state index contributed by atoms with van der Waals surface area (Å²) in [7, 11) is 0. The van der Waals surface area contributed by atoms with Crippen molar-refractivity contribution in [2.75, 3.05) is 18.1 Å². The molecule has 6 heteroatoms. The van der Waals surface area contributed by atoms with Crippen LogP contribution >= 0.6 is 11.8 Å². The standard InChI is InChI=1S/C14H22N2O3S/c1-10(2)19-13-8-11(6-7-12(13)16(17)18)15-9-14(3,4)20-5/h6-8,10,15H,9H2,1-5H3. The molecule has 1 aromatic rings. The number of nitrogens with one attached hydrogen (secondary N) is 1. The van der Waals surface area contributed by atoms with E-state index in [9.17, 15) is 10.1 Å². The Labute approximate surface area is 124 Å². The van der Waals surface area contributed by atoms with Gasteiger partial charge in [0.2, 0.25) is 0 Å². The van der Waals surface area contributed by atoms with Gasteiger partial charge >= 0.3 is 5.69 Å². The van der Waals surface area contributed by atoms with Crippen LogP contribution in [0.1, 0.15) is 27.7 Å². The molecule has 0 bridgehead atoms. The Kier molecular flexibility index (Phi) is 5.68. The van der Waals surface area contributed by atoms with Crippen molar-refractivity contribution < 1.29 is 9.66 Å². The van der Waals surface area contributed by atoms with Gasteiger partial charge in [0.25, 0.3) is 0 Å². The minimum absolute atomic E-state index is 0.00613. The zero-order valence-corrected chi connectivity index (χ0v) is 13.4.